The van der Waals surface area contributed by atoms with Crippen LogP contribution in [0.25, 0.3) is 5.57 Å². The SMILES string of the molecule is C1=CC2=C(CC1)c1ccccc1C21c2ccccc2Nc2ccccc21. The summed E-state index contributed by atoms with van der Waals surface area (Å²) < 4.78 is 0. The lowest BCUT2D eigenvalue weighted by molar-refractivity contribution is 0.752. The van der Waals surface area contributed by atoms with E-state index in [0.717, 1.165) is 12.8 Å². The quantitative estimate of drug-likeness (QED) is 0.517. The number of benzene rings is 3. The van der Waals surface area contributed by atoms with Crippen LogP contribution in [0.5, 0.6) is 0 Å². The molecule has 3 aromatic carbocycles. The molecule has 1 heteroatoms. The van der Waals surface area contributed by atoms with Gasteiger partial charge in [0.25, 0.3) is 0 Å². The van der Waals surface area contributed by atoms with E-state index in [4.69, 9.17) is 0 Å². The molecule has 1 aliphatic heterocycles. The first kappa shape index (κ1) is 14.1. The fourth-order valence-corrected chi connectivity index (χ4v) is 5.22. The molecule has 1 heterocycles. The highest BCUT2D eigenvalue weighted by atomic mass is 14.9. The fourth-order valence-electron chi connectivity index (χ4n) is 5.22. The van der Waals surface area contributed by atoms with E-state index in [0.29, 0.717) is 0 Å². The third-order valence-corrected chi connectivity index (χ3v) is 6.16. The van der Waals surface area contributed by atoms with E-state index in [-0.39, 0.29) is 5.41 Å². The first-order valence-electron chi connectivity index (χ1n) is 9.37. The van der Waals surface area contributed by atoms with E-state index >= 15 is 0 Å². The Balaban J connectivity index is 1.83. The van der Waals surface area contributed by atoms with E-state index < -0.39 is 0 Å². The van der Waals surface area contributed by atoms with Gasteiger partial charge in [0.05, 0.1) is 5.41 Å². The number of allylic oxidation sites excluding steroid dienone is 4. The standard InChI is InChI=1S/C25H19N/c1-3-11-19-17(9-1)18-10-2-4-12-20(18)25(19)21-13-5-7-15-23(21)26-24-16-8-6-14-22(24)25/h1,3-9,11-16,26H,2,10H2. The Morgan fingerprint density at radius 2 is 1.31 bits per heavy atom. The Kier molecular flexibility index (Phi) is 2.71. The summed E-state index contributed by atoms with van der Waals surface area (Å²) in [4.78, 5) is 0. The zero-order chi connectivity index (χ0) is 17.1. The monoisotopic (exact) mass is 333 g/mol. The van der Waals surface area contributed by atoms with Crippen LogP contribution in [0.3, 0.4) is 0 Å². The van der Waals surface area contributed by atoms with Gasteiger partial charge in [0.15, 0.2) is 0 Å². The minimum atomic E-state index is -0.207. The zero-order valence-corrected chi connectivity index (χ0v) is 14.5. The molecule has 0 unspecified atom stereocenters. The number of hydrogen-bond donors (Lipinski definition) is 1. The second-order valence-corrected chi connectivity index (χ2v) is 7.35. The minimum Gasteiger partial charge on any atom is -0.355 e. The number of rotatable bonds is 0. The predicted octanol–water partition coefficient (Wildman–Crippen LogP) is 6.20. The van der Waals surface area contributed by atoms with E-state index in [1.54, 1.807) is 0 Å². The van der Waals surface area contributed by atoms with Crippen molar-refractivity contribution in [2.75, 3.05) is 5.32 Å². The van der Waals surface area contributed by atoms with Crippen LogP contribution in [0.4, 0.5) is 11.4 Å². The molecule has 3 aromatic rings. The van der Waals surface area contributed by atoms with Crippen molar-refractivity contribution in [2.45, 2.75) is 18.3 Å². The van der Waals surface area contributed by atoms with Gasteiger partial charge in [0, 0.05) is 11.4 Å². The minimum absolute atomic E-state index is 0.207. The van der Waals surface area contributed by atoms with Crippen LogP contribution >= 0.6 is 0 Å². The van der Waals surface area contributed by atoms with Crippen LogP contribution in [0.2, 0.25) is 0 Å². The molecule has 0 radical (unpaired) electrons. The lowest BCUT2D eigenvalue weighted by atomic mass is 9.64. The predicted molar refractivity (Wildman–Crippen MR) is 108 cm³/mol. The van der Waals surface area contributed by atoms with E-state index in [9.17, 15) is 0 Å². The molecule has 6 rings (SSSR count). The first-order chi connectivity index (χ1) is 12.9. The van der Waals surface area contributed by atoms with Crippen molar-refractivity contribution in [3.05, 3.63) is 113 Å². The van der Waals surface area contributed by atoms with Crippen LogP contribution in [-0.2, 0) is 5.41 Å². The lowest BCUT2D eigenvalue weighted by Crippen LogP contribution is -2.34. The Morgan fingerprint density at radius 1 is 0.692 bits per heavy atom. The molecule has 1 nitrogen and oxygen atoms in total. The zero-order valence-electron chi connectivity index (χ0n) is 14.5. The molecule has 0 saturated carbocycles. The topological polar surface area (TPSA) is 12.0 Å². The largest absolute Gasteiger partial charge is 0.355 e. The van der Waals surface area contributed by atoms with Gasteiger partial charge in [-0.1, -0.05) is 72.8 Å². The molecule has 1 spiro atoms. The number of hydrogen-bond acceptors (Lipinski definition) is 1. The molecule has 0 bridgehead atoms. The van der Waals surface area contributed by atoms with E-state index in [1.165, 1.54) is 44.8 Å². The summed E-state index contributed by atoms with van der Waals surface area (Å²) in [6, 6.07) is 26.6. The number of anilines is 2. The van der Waals surface area contributed by atoms with Crippen LogP contribution in [0.1, 0.15) is 35.1 Å². The van der Waals surface area contributed by atoms with Crippen LogP contribution < -0.4 is 5.32 Å². The molecular formula is C25H19N. The average Bonchev–Trinajstić information content (AvgIpc) is 3.00. The smallest absolute Gasteiger partial charge is 0.0750 e. The van der Waals surface area contributed by atoms with Crippen LogP contribution in [0, 0.1) is 0 Å². The molecule has 124 valence electrons. The maximum atomic E-state index is 3.67. The highest BCUT2D eigenvalue weighted by Crippen LogP contribution is 2.61. The number of fused-ring (bicyclic) bond motifs is 8. The molecular weight excluding hydrogens is 314 g/mol. The summed E-state index contributed by atoms with van der Waals surface area (Å²) in [5, 5.41) is 3.67. The van der Waals surface area contributed by atoms with Crippen molar-refractivity contribution in [3.8, 4) is 0 Å². The van der Waals surface area contributed by atoms with Gasteiger partial charge < -0.3 is 5.32 Å². The molecule has 0 saturated heterocycles. The van der Waals surface area contributed by atoms with Gasteiger partial charge in [0.2, 0.25) is 0 Å². The van der Waals surface area contributed by atoms with Crippen LogP contribution in [0.15, 0.2) is 90.5 Å². The normalized spacial score (nSPS) is 18.0. The van der Waals surface area contributed by atoms with Crippen molar-refractivity contribution in [3.63, 3.8) is 0 Å². The summed E-state index contributed by atoms with van der Waals surface area (Å²) in [7, 11) is 0. The lowest BCUT2D eigenvalue weighted by Gasteiger charge is -2.41. The highest BCUT2D eigenvalue weighted by Gasteiger charge is 2.50. The van der Waals surface area contributed by atoms with Crippen molar-refractivity contribution in [1.82, 2.24) is 0 Å². The summed E-state index contributed by atoms with van der Waals surface area (Å²) in [6.45, 7) is 0. The van der Waals surface area contributed by atoms with Gasteiger partial charge in [-0.2, -0.15) is 0 Å². The second kappa shape index (κ2) is 4.98. The van der Waals surface area contributed by atoms with E-state index in [2.05, 4.69) is 90.3 Å². The van der Waals surface area contributed by atoms with Crippen molar-refractivity contribution < 1.29 is 0 Å². The molecule has 0 aromatic heterocycles. The van der Waals surface area contributed by atoms with Gasteiger partial charge in [-0.15, -0.1) is 0 Å². The van der Waals surface area contributed by atoms with Gasteiger partial charge in [-0.25, -0.2) is 0 Å². The Labute approximate surface area is 153 Å². The van der Waals surface area contributed by atoms with E-state index in [1.807, 2.05) is 0 Å². The average molecular weight is 333 g/mol. The van der Waals surface area contributed by atoms with Crippen molar-refractivity contribution >= 4 is 16.9 Å². The molecule has 26 heavy (non-hydrogen) atoms. The second-order valence-electron chi connectivity index (χ2n) is 7.35. The van der Waals surface area contributed by atoms with Crippen molar-refractivity contribution in [2.24, 2.45) is 0 Å². The maximum absolute atomic E-state index is 3.67. The Hall–Kier alpha value is -3.06. The maximum Gasteiger partial charge on any atom is 0.0750 e. The summed E-state index contributed by atoms with van der Waals surface area (Å²) in [6.07, 6.45) is 6.99. The third kappa shape index (κ3) is 1.56. The summed E-state index contributed by atoms with van der Waals surface area (Å²) in [5.74, 6) is 0. The first-order valence-corrected chi connectivity index (χ1v) is 9.37. The molecule has 0 atom stereocenters. The number of nitrogens with one attached hydrogen (secondary N) is 1. The summed E-state index contributed by atoms with van der Waals surface area (Å²) >= 11 is 0. The molecule has 0 amide bonds. The van der Waals surface area contributed by atoms with Gasteiger partial charge in [-0.3, -0.25) is 0 Å². The number of para-hydroxylation sites is 2. The molecule has 1 N–H and O–H groups in total. The fraction of sp³-hybridized carbons (Fsp3) is 0.120. The van der Waals surface area contributed by atoms with Gasteiger partial charge >= 0.3 is 0 Å². The highest BCUT2D eigenvalue weighted by molar-refractivity contribution is 5.93. The van der Waals surface area contributed by atoms with Gasteiger partial charge in [0.1, 0.15) is 0 Å². The molecule has 0 fully saturated rings. The Bertz CT molecular complexity index is 1070. The van der Waals surface area contributed by atoms with Crippen molar-refractivity contribution in [1.29, 1.82) is 0 Å². The third-order valence-electron chi connectivity index (χ3n) is 6.16. The van der Waals surface area contributed by atoms with Gasteiger partial charge in [-0.05, 0) is 58.4 Å². The molecule has 3 aliphatic rings. The molecule has 2 aliphatic carbocycles. The Morgan fingerprint density at radius 3 is 2.04 bits per heavy atom. The summed E-state index contributed by atoms with van der Waals surface area (Å²) in [5.41, 5.74) is 10.8. The van der Waals surface area contributed by atoms with Crippen LogP contribution in [-0.4, -0.2) is 0 Å².